The molecule has 5 heteroatoms. The third-order valence-corrected chi connectivity index (χ3v) is 7.02. The Bertz CT molecular complexity index is 843. The van der Waals surface area contributed by atoms with E-state index in [-0.39, 0.29) is 6.54 Å². The van der Waals surface area contributed by atoms with Gasteiger partial charge in [-0.1, -0.05) is 18.2 Å². The van der Waals surface area contributed by atoms with Crippen molar-refractivity contribution in [3.63, 3.8) is 0 Å². The molecular weight excluding hydrogens is 334 g/mol. The highest BCUT2D eigenvalue weighted by Gasteiger charge is 2.31. The van der Waals surface area contributed by atoms with E-state index >= 15 is 0 Å². The zero-order valence-electron chi connectivity index (χ0n) is 15.8. The van der Waals surface area contributed by atoms with Crippen LogP contribution in [0.25, 0.3) is 0 Å². The molecule has 25 heavy (non-hydrogen) atoms. The van der Waals surface area contributed by atoms with Crippen LogP contribution in [0.2, 0.25) is 0 Å². The van der Waals surface area contributed by atoms with Crippen molar-refractivity contribution in [2.75, 3.05) is 10.8 Å². The molecule has 0 amide bonds. The van der Waals surface area contributed by atoms with E-state index in [1.165, 1.54) is 4.31 Å². The van der Waals surface area contributed by atoms with Gasteiger partial charge in [0.05, 0.1) is 23.2 Å². The average Bonchev–Trinajstić information content (AvgIpc) is 2.56. The number of sulfonamides is 1. The van der Waals surface area contributed by atoms with Gasteiger partial charge in [0.2, 0.25) is 0 Å². The predicted octanol–water partition coefficient (Wildman–Crippen LogP) is 3.80. The Labute approximate surface area is 151 Å². The highest BCUT2D eigenvalue weighted by molar-refractivity contribution is 7.93. The van der Waals surface area contributed by atoms with E-state index in [4.69, 9.17) is 0 Å². The minimum atomic E-state index is -3.80. The molecule has 1 atom stereocenters. The first kappa shape index (κ1) is 19.5. The Morgan fingerprint density at radius 3 is 1.76 bits per heavy atom. The van der Waals surface area contributed by atoms with Gasteiger partial charge < -0.3 is 5.11 Å². The second kappa shape index (κ2) is 7.18. The van der Waals surface area contributed by atoms with Gasteiger partial charge in [0, 0.05) is 0 Å². The molecule has 0 spiro atoms. The van der Waals surface area contributed by atoms with E-state index in [1.807, 2.05) is 40.7 Å². The molecule has 0 aliphatic heterocycles. The smallest absolute Gasteiger partial charge is 0.264 e. The summed E-state index contributed by atoms with van der Waals surface area (Å²) in [6.07, 6.45) is -0.775. The Hall–Kier alpha value is -1.85. The summed E-state index contributed by atoms with van der Waals surface area (Å²) < 4.78 is 28.4. The van der Waals surface area contributed by atoms with E-state index < -0.39 is 16.1 Å². The topological polar surface area (TPSA) is 57.6 Å². The van der Waals surface area contributed by atoms with Gasteiger partial charge >= 0.3 is 0 Å². The molecule has 0 fully saturated rings. The molecule has 0 saturated carbocycles. The van der Waals surface area contributed by atoms with Crippen molar-refractivity contribution in [2.45, 2.75) is 52.5 Å². The summed E-state index contributed by atoms with van der Waals surface area (Å²) in [6, 6.07) is 8.93. The number of nitrogens with zero attached hydrogens (tertiary/aromatic N) is 1. The lowest BCUT2D eigenvalue weighted by Gasteiger charge is -2.28. The number of aliphatic hydroxyl groups excluding tert-OH is 1. The zero-order chi connectivity index (χ0) is 18.9. The van der Waals surface area contributed by atoms with Crippen LogP contribution in [0.4, 0.5) is 5.69 Å². The standard InChI is InChI=1S/C20H27NO3S/c1-13(22)12-21(19-10-8-7-9-11-19)25(23,24)20-17(5)15(3)14(2)16(4)18(20)6/h7-11,13,22H,12H2,1-6H3. The number of rotatable bonds is 5. The molecule has 0 aromatic heterocycles. The lowest BCUT2D eigenvalue weighted by atomic mass is 9.95. The van der Waals surface area contributed by atoms with Gasteiger partial charge in [0.15, 0.2) is 0 Å². The molecule has 136 valence electrons. The third-order valence-electron chi connectivity index (χ3n) is 4.95. The first-order chi connectivity index (χ1) is 11.6. The van der Waals surface area contributed by atoms with E-state index in [2.05, 4.69) is 0 Å². The number of para-hydroxylation sites is 1. The molecule has 2 aromatic rings. The number of hydrogen-bond acceptors (Lipinski definition) is 3. The maximum atomic E-state index is 13.5. The summed E-state index contributed by atoms with van der Waals surface area (Å²) in [5.74, 6) is 0. The molecule has 2 aromatic carbocycles. The van der Waals surface area contributed by atoms with Crippen molar-refractivity contribution >= 4 is 15.7 Å². The van der Waals surface area contributed by atoms with Crippen LogP contribution in [0, 0.1) is 34.6 Å². The summed E-state index contributed by atoms with van der Waals surface area (Å²) in [7, 11) is -3.80. The van der Waals surface area contributed by atoms with Gasteiger partial charge in [0.25, 0.3) is 10.0 Å². The molecule has 0 saturated heterocycles. The molecule has 0 radical (unpaired) electrons. The Kier molecular flexibility index (Phi) is 5.59. The van der Waals surface area contributed by atoms with Crippen LogP contribution >= 0.6 is 0 Å². The zero-order valence-corrected chi connectivity index (χ0v) is 16.6. The number of benzene rings is 2. The lowest BCUT2D eigenvalue weighted by molar-refractivity contribution is 0.204. The number of aliphatic hydroxyl groups is 1. The monoisotopic (exact) mass is 361 g/mol. The molecule has 0 bridgehead atoms. The summed E-state index contributed by atoms with van der Waals surface area (Å²) in [5.41, 5.74) is 5.20. The fourth-order valence-electron chi connectivity index (χ4n) is 3.14. The van der Waals surface area contributed by atoms with Crippen molar-refractivity contribution in [3.05, 3.63) is 58.1 Å². The molecule has 0 aliphatic carbocycles. The largest absolute Gasteiger partial charge is 0.392 e. The molecule has 2 rings (SSSR count). The first-order valence-electron chi connectivity index (χ1n) is 8.41. The highest BCUT2D eigenvalue weighted by atomic mass is 32.2. The minimum absolute atomic E-state index is 0.0111. The average molecular weight is 362 g/mol. The first-order valence-corrected chi connectivity index (χ1v) is 9.85. The molecule has 0 aliphatic rings. The van der Waals surface area contributed by atoms with Crippen molar-refractivity contribution in [1.82, 2.24) is 0 Å². The SMILES string of the molecule is Cc1c(C)c(C)c(S(=O)(=O)N(CC(C)O)c2ccccc2)c(C)c1C. The van der Waals surface area contributed by atoms with Gasteiger partial charge in [-0.05, 0) is 81.5 Å². The maximum absolute atomic E-state index is 13.5. The third kappa shape index (κ3) is 3.58. The molecule has 1 unspecified atom stereocenters. The van der Waals surface area contributed by atoms with Crippen LogP contribution in [0.5, 0.6) is 0 Å². The summed E-state index contributed by atoms with van der Waals surface area (Å²) in [4.78, 5) is 0.345. The second-order valence-corrected chi connectivity index (χ2v) is 8.47. The van der Waals surface area contributed by atoms with Crippen molar-refractivity contribution in [3.8, 4) is 0 Å². The van der Waals surface area contributed by atoms with Crippen LogP contribution in [-0.4, -0.2) is 26.2 Å². The number of hydrogen-bond donors (Lipinski definition) is 1. The lowest BCUT2D eigenvalue weighted by Crippen LogP contribution is -2.37. The summed E-state index contributed by atoms with van der Waals surface area (Å²) in [6.45, 7) is 11.2. The fourth-order valence-corrected chi connectivity index (χ4v) is 5.25. The van der Waals surface area contributed by atoms with Gasteiger partial charge in [-0.2, -0.15) is 0 Å². The molecule has 1 N–H and O–H groups in total. The number of anilines is 1. The van der Waals surface area contributed by atoms with Crippen LogP contribution in [-0.2, 0) is 10.0 Å². The summed E-state index contributed by atoms with van der Waals surface area (Å²) >= 11 is 0. The molecule has 0 heterocycles. The van der Waals surface area contributed by atoms with Crippen LogP contribution in [0.1, 0.15) is 34.7 Å². The molecule has 4 nitrogen and oxygen atoms in total. The van der Waals surface area contributed by atoms with Gasteiger partial charge in [-0.25, -0.2) is 8.42 Å². The van der Waals surface area contributed by atoms with Crippen molar-refractivity contribution < 1.29 is 13.5 Å². The fraction of sp³-hybridized carbons (Fsp3) is 0.400. The predicted molar refractivity (Wildman–Crippen MR) is 103 cm³/mol. The van der Waals surface area contributed by atoms with E-state index in [0.717, 1.165) is 27.8 Å². The van der Waals surface area contributed by atoms with Gasteiger partial charge in [0.1, 0.15) is 0 Å². The van der Waals surface area contributed by atoms with E-state index in [0.29, 0.717) is 10.6 Å². The Balaban J connectivity index is 2.75. The van der Waals surface area contributed by atoms with Crippen LogP contribution in [0.15, 0.2) is 35.2 Å². The molecular formula is C20H27NO3S. The van der Waals surface area contributed by atoms with Crippen LogP contribution in [0.3, 0.4) is 0 Å². The van der Waals surface area contributed by atoms with Gasteiger partial charge in [-0.3, -0.25) is 4.31 Å². The van der Waals surface area contributed by atoms with E-state index in [9.17, 15) is 13.5 Å². The van der Waals surface area contributed by atoms with Crippen molar-refractivity contribution in [1.29, 1.82) is 0 Å². The van der Waals surface area contributed by atoms with Crippen molar-refractivity contribution in [2.24, 2.45) is 0 Å². The van der Waals surface area contributed by atoms with Crippen LogP contribution < -0.4 is 4.31 Å². The second-order valence-electron chi connectivity index (χ2n) is 6.67. The summed E-state index contributed by atoms with van der Waals surface area (Å²) in [5, 5.41) is 9.88. The Morgan fingerprint density at radius 2 is 1.32 bits per heavy atom. The highest BCUT2D eigenvalue weighted by Crippen LogP contribution is 2.33. The normalized spacial score (nSPS) is 12.9. The van der Waals surface area contributed by atoms with Gasteiger partial charge in [-0.15, -0.1) is 0 Å². The quantitative estimate of drug-likeness (QED) is 0.881. The maximum Gasteiger partial charge on any atom is 0.264 e. The van der Waals surface area contributed by atoms with E-state index in [1.54, 1.807) is 31.2 Å². The Morgan fingerprint density at radius 1 is 0.880 bits per heavy atom. The minimum Gasteiger partial charge on any atom is -0.392 e.